The quantitative estimate of drug-likeness (QED) is 0.589. The summed E-state index contributed by atoms with van der Waals surface area (Å²) in [5, 5.41) is 19.5. The summed E-state index contributed by atoms with van der Waals surface area (Å²) in [7, 11) is 0. The minimum Gasteiger partial charge on any atom is -0.393 e. The summed E-state index contributed by atoms with van der Waals surface area (Å²) >= 11 is 0. The zero-order valence-electron chi connectivity index (χ0n) is 21.3. The normalized spacial score (nSPS) is 30.6. The van der Waals surface area contributed by atoms with E-state index in [2.05, 4.69) is 58.3 Å². The summed E-state index contributed by atoms with van der Waals surface area (Å²) in [6.07, 6.45) is 7.11. The molecule has 5 aliphatic rings. The number of aliphatic hydroxyl groups is 2. The average Bonchev–Trinajstić information content (AvgIpc) is 2.93. The van der Waals surface area contributed by atoms with Crippen LogP contribution in [-0.2, 0) is 34.1 Å². The molecule has 0 radical (unpaired) electrons. The Labute approximate surface area is 214 Å². The third kappa shape index (κ3) is 5.00. The van der Waals surface area contributed by atoms with Gasteiger partial charge in [0.15, 0.2) is 0 Å². The van der Waals surface area contributed by atoms with Crippen molar-refractivity contribution in [3.8, 4) is 0 Å². The lowest BCUT2D eigenvalue weighted by Crippen LogP contribution is -2.50. The molecule has 36 heavy (non-hydrogen) atoms. The Hall–Kier alpha value is -1.80. The van der Waals surface area contributed by atoms with E-state index in [1.807, 2.05) is 0 Å². The first-order chi connectivity index (χ1) is 17.5. The van der Waals surface area contributed by atoms with E-state index in [1.165, 1.54) is 22.3 Å². The van der Waals surface area contributed by atoms with Gasteiger partial charge < -0.3 is 10.2 Å². The van der Waals surface area contributed by atoms with Crippen molar-refractivity contribution in [3.05, 3.63) is 70.8 Å². The summed E-state index contributed by atoms with van der Waals surface area (Å²) in [6, 6.07) is 17.8. The third-order valence-electron chi connectivity index (χ3n) is 9.11. The Morgan fingerprint density at radius 1 is 0.583 bits per heavy atom. The fourth-order valence-electron chi connectivity index (χ4n) is 6.56. The molecular weight excluding hydrogens is 452 g/mol. The lowest BCUT2D eigenvalue weighted by molar-refractivity contribution is -0.479. The van der Waals surface area contributed by atoms with Crippen molar-refractivity contribution in [1.82, 2.24) is 9.80 Å². The van der Waals surface area contributed by atoms with E-state index in [0.717, 1.165) is 90.6 Å². The molecule has 7 rings (SSSR count). The fraction of sp³-hybridized carbons (Fsp3) is 0.600. The molecule has 4 saturated heterocycles. The van der Waals surface area contributed by atoms with Crippen LogP contribution in [0.4, 0.5) is 0 Å². The van der Waals surface area contributed by atoms with Gasteiger partial charge in [-0.1, -0.05) is 48.5 Å². The van der Waals surface area contributed by atoms with Crippen LogP contribution < -0.4 is 0 Å². The van der Waals surface area contributed by atoms with Crippen molar-refractivity contribution in [1.29, 1.82) is 0 Å². The Bertz CT molecular complexity index is 900. The highest BCUT2D eigenvalue weighted by atomic mass is 17.2. The van der Waals surface area contributed by atoms with E-state index in [-0.39, 0.29) is 23.4 Å². The molecular formula is C30H40N2O4. The average molecular weight is 493 g/mol. The molecule has 0 atom stereocenters. The van der Waals surface area contributed by atoms with Gasteiger partial charge in [-0.3, -0.25) is 9.80 Å². The van der Waals surface area contributed by atoms with Crippen molar-refractivity contribution in [3.63, 3.8) is 0 Å². The second-order valence-electron chi connectivity index (χ2n) is 11.6. The first kappa shape index (κ1) is 24.5. The molecule has 6 nitrogen and oxygen atoms in total. The first-order valence-electron chi connectivity index (χ1n) is 13.9. The van der Waals surface area contributed by atoms with Crippen molar-refractivity contribution < 1.29 is 20.0 Å². The van der Waals surface area contributed by atoms with Gasteiger partial charge in [0.25, 0.3) is 0 Å². The first-order valence-corrected chi connectivity index (χ1v) is 13.9. The van der Waals surface area contributed by atoms with E-state index in [1.54, 1.807) is 0 Å². The van der Waals surface area contributed by atoms with Crippen LogP contribution in [0.3, 0.4) is 0 Å². The molecule has 2 aromatic carbocycles. The van der Waals surface area contributed by atoms with Crippen LogP contribution in [0.2, 0.25) is 0 Å². The zero-order valence-corrected chi connectivity index (χ0v) is 21.3. The zero-order chi connectivity index (χ0) is 24.6. The molecule has 5 fully saturated rings. The highest BCUT2D eigenvalue weighted by Crippen LogP contribution is 2.55. The van der Waals surface area contributed by atoms with Gasteiger partial charge in [-0.25, -0.2) is 9.78 Å². The van der Waals surface area contributed by atoms with Gasteiger partial charge in [0.2, 0.25) is 0 Å². The lowest BCUT2D eigenvalue weighted by atomic mass is 9.69. The van der Waals surface area contributed by atoms with Crippen LogP contribution in [0.15, 0.2) is 48.5 Å². The highest BCUT2D eigenvalue weighted by molar-refractivity contribution is 5.33. The van der Waals surface area contributed by atoms with Crippen LogP contribution in [-0.4, -0.2) is 58.4 Å². The van der Waals surface area contributed by atoms with Gasteiger partial charge in [0.1, 0.15) is 11.2 Å². The van der Waals surface area contributed by atoms with Crippen molar-refractivity contribution in [2.45, 2.75) is 87.9 Å². The standard InChI is InChI=1S/C30H40N2O4/c33-27-9-17-31(18-10-27)21-23-1-5-25(6-2-23)29-13-15-30(16-14-29,36-35-29)26-7-3-24(4-8-26)22-32-19-11-28(34)12-20-32/h1-8,27-28,33-34H,9-22H2. The summed E-state index contributed by atoms with van der Waals surface area (Å²) in [4.78, 5) is 17.3. The lowest BCUT2D eigenvalue weighted by Gasteiger charge is -2.51. The number of hydrogen-bond donors (Lipinski definition) is 2. The summed E-state index contributed by atoms with van der Waals surface area (Å²) < 4.78 is 0. The molecule has 4 heterocycles. The SMILES string of the molecule is OC1CCN(Cc2ccc(C34CCC(c5ccc(CN6CCC(O)CC6)cc5)(CC3)OO4)cc2)CC1. The molecule has 6 heteroatoms. The van der Waals surface area contributed by atoms with Crippen LogP contribution >= 0.6 is 0 Å². The Balaban J connectivity index is 1.06. The molecule has 2 bridgehead atoms. The summed E-state index contributed by atoms with van der Waals surface area (Å²) in [5.41, 5.74) is 4.39. The van der Waals surface area contributed by atoms with E-state index >= 15 is 0 Å². The van der Waals surface area contributed by atoms with E-state index < -0.39 is 0 Å². The molecule has 1 aliphatic carbocycles. The maximum Gasteiger partial charge on any atom is 0.129 e. The second-order valence-corrected chi connectivity index (χ2v) is 11.6. The van der Waals surface area contributed by atoms with E-state index in [9.17, 15) is 10.2 Å². The monoisotopic (exact) mass is 492 g/mol. The van der Waals surface area contributed by atoms with Gasteiger partial charge in [-0.2, -0.15) is 0 Å². The van der Waals surface area contributed by atoms with Gasteiger partial charge >= 0.3 is 0 Å². The molecule has 0 unspecified atom stereocenters. The van der Waals surface area contributed by atoms with Gasteiger partial charge in [0.05, 0.1) is 12.2 Å². The van der Waals surface area contributed by atoms with Gasteiger partial charge in [-0.15, -0.1) is 0 Å². The van der Waals surface area contributed by atoms with E-state index in [4.69, 9.17) is 9.78 Å². The van der Waals surface area contributed by atoms with E-state index in [0.29, 0.717) is 0 Å². The topological polar surface area (TPSA) is 65.4 Å². The minimum atomic E-state index is -0.339. The molecule has 0 amide bonds. The minimum absolute atomic E-state index is 0.127. The van der Waals surface area contributed by atoms with Gasteiger partial charge in [0, 0.05) is 39.3 Å². The maximum atomic E-state index is 9.74. The number of likely N-dealkylation sites (tertiary alicyclic amines) is 2. The largest absolute Gasteiger partial charge is 0.393 e. The Morgan fingerprint density at radius 2 is 0.917 bits per heavy atom. The van der Waals surface area contributed by atoms with Crippen LogP contribution in [0, 0.1) is 0 Å². The highest BCUT2D eigenvalue weighted by Gasteiger charge is 2.53. The number of hydrogen-bond acceptors (Lipinski definition) is 6. The molecule has 4 aliphatic heterocycles. The van der Waals surface area contributed by atoms with Crippen LogP contribution in [0.1, 0.15) is 73.6 Å². The molecule has 194 valence electrons. The number of rotatable bonds is 6. The summed E-state index contributed by atoms with van der Waals surface area (Å²) in [6.45, 7) is 5.75. The van der Waals surface area contributed by atoms with Crippen molar-refractivity contribution in [2.24, 2.45) is 0 Å². The predicted octanol–water partition coefficient (Wildman–Crippen LogP) is 4.23. The van der Waals surface area contributed by atoms with Crippen LogP contribution in [0.5, 0.6) is 0 Å². The van der Waals surface area contributed by atoms with Crippen molar-refractivity contribution in [2.75, 3.05) is 26.2 Å². The number of benzene rings is 2. The number of nitrogens with zero attached hydrogens (tertiary/aromatic N) is 2. The maximum absolute atomic E-state index is 9.74. The molecule has 1 saturated carbocycles. The second kappa shape index (κ2) is 10.2. The number of aliphatic hydroxyl groups excluding tert-OH is 2. The molecule has 0 aromatic heterocycles. The third-order valence-corrected chi connectivity index (χ3v) is 9.11. The number of piperidine rings is 2. The Morgan fingerprint density at radius 3 is 1.22 bits per heavy atom. The Kier molecular flexibility index (Phi) is 6.93. The van der Waals surface area contributed by atoms with Crippen LogP contribution in [0.25, 0.3) is 0 Å². The van der Waals surface area contributed by atoms with Gasteiger partial charge in [-0.05, 0) is 73.6 Å². The summed E-state index contributed by atoms with van der Waals surface area (Å²) in [5.74, 6) is 0. The molecule has 2 aromatic rings. The smallest absolute Gasteiger partial charge is 0.129 e. The molecule has 0 spiro atoms. The molecule has 2 N–H and O–H groups in total. The predicted molar refractivity (Wildman–Crippen MR) is 138 cm³/mol. The number of fused-ring (bicyclic) bond motifs is 3. The van der Waals surface area contributed by atoms with Crippen molar-refractivity contribution >= 4 is 0 Å². The fourth-order valence-corrected chi connectivity index (χ4v) is 6.56.